The number of azo groups is 1. The number of nitrogens with zero attached hydrogens (tertiary/aromatic N) is 6. The highest BCUT2D eigenvalue weighted by atomic mass is 35.5. The molecule has 0 bridgehead atoms. The summed E-state index contributed by atoms with van der Waals surface area (Å²) in [5, 5.41) is 8.59. The van der Waals surface area contributed by atoms with Crippen molar-refractivity contribution < 1.29 is 0 Å². The minimum absolute atomic E-state index is 0. The van der Waals surface area contributed by atoms with Crippen LogP contribution in [-0.4, -0.2) is 42.7 Å². The molecule has 0 saturated carbocycles. The van der Waals surface area contributed by atoms with Crippen LogP contribution in [0.25, 0.3) is 0 Å². The number of amidine groups is 2. The number of hydrogen-bond donors (Lipinski definition) is 4. The number of nitrogens with two attached hydrogens (primary N) is 2. The lowest BCUT2D eigenvalue weighted by Gasteiger charge is -2.22. The summed E-state index contributed by atoms with van der Waals surface area (Å²) in [5.41, 5.74) is 10.4. The maximum absolute atomic E-state index is 6.02. The second kappa shape index (κ2) is 9.30. The molecule has 12 heteroatoms. The molecule has 26 heavy (non-hydrogen) atoms. The first-order valence-corrected chi connectivity index (χ1v) is 7.33. The summed E-state index contributed by atoms with van der Waals surface area (Å²) in [4.78, 5) is 22.1. The minimum atomic E-state index is -0.824. The molecule has 144 valence electrons. The van der Waals surface area contributed by atoms with Crippen LogP contribution in [0.2, 0.25) is 0 Å². The highest BCUT2D eigenvalue weighted by molar-refractivity contribution is 5.92. The van der Waals surface area contributed by atoms with Crippen molar-refractivity contribution in [2.45, 2.75) is 38.8 Å². The van der Waals surface area contributed by atoms with Gasteiger partial charge in [-0.15, -0.1) is 24.8 Å². The van der Waals surface area contributed by atoms with Crippen molar-refractivity contribution in [1.82, 2.24) is 19.9 Å². The molecule has 0 unspecified atom stereocenters. The molecule has 0 atom stereocenters. The van der Waals surface area contributed by atoms with Crippen molar-refractivity contribution in [3.8, 4) is 0 Å². The van der Waals surface area contributed by atoms with Crippen LogP contribution in [0.3, 0.4) is 0 Å². The molecule has 0 radical (unpaired) electrons. The van der Waals surface area contributed by atoms with Gasteiger partial charge in [0.1, 0.15) is 22.7 Å². The number of imidazole rings is 2. The third-order valence-corrected chi connectivity index (χ3v) is 3.22. The fraction of sp³-hybridized carbons (Fsp3) is 0.429. The molecule has 0 aliphatic heterocycles. The van der Waals surface area contributed by atoms with E-state index >= 15 is 0 Å². The minimum Gasteiger partial charge on any atom is -0.385 e. The second-order valence-corrected chi connectivity index (χ2v) is 6.14. The van der Waals surface area contributed by atoms with E-state index in [0.29, 0.717) is 11.9 Å². The molecule has 6 N–H and O–H groups in total. The van der Waals surface area contributed by atoms with Crippen molar-refractivity contribution in [3.05, 3.63) is 24.8 Å². The summed E-state index contributed by atoms with van der Waals surface area (Å²) in [7, 11) is 0. The number of aromatic nitrogens is 4. The number of rotatable bonds is 6. The van der Waals surface area contributed by atoms with E-state index in [9.17, 15) is 0 Å². The third kappa shape index (κ3) is 6.12. The van der Waals surface area contributed by atoms with E-state index in [1.54, 1.807) is 52.5 Å². The van der Waals surface area contributed by atoms with E-state index in [0.717, 1.165) is 0 Å². The van der Waals surface area contributed by atoms with Gasteiger partial charge in [-0.25, -0.2) is 9.97 Å². The molecule has 2 heterocycles. The van der Waals surface area contributed by atoms with Crippen LogP contribution in [0.1, 0.15) is 27.7 Å². The number of halogens is 2. The molecular formula is C14H24Cl2N10. The van der Waals surface area contributed by atoms with Gasteiger partial charge in [-0.2, -0.15) is 20.2 Å². The molecule has 2 aromatic heterocycles. The van der Waals surface area contributed by atoms with Gasteiger partial charge in [0.05, 0.1) is 0 Å². The average molecular weight is 403 g/mol. The molecule has 0 saturated heterocycles. The molecule has 0 aliphatic rings. The Labute approximate surface area is 163 Å². The van der Waals surface area contributed by atoms with E-state index in [4.69, 9.17) is 11.5 Å². The zero-order valence-electron chi connectivity index (χ0n) is 15.0. The first-order chi connectivity index (χ1) is 11.2. The van der Waals surface area contributed by atoms with Crippen molar-refractivity contribution in [1.29, 1.82) is 0 Å². The topological polar surface area (TPSA) is 159 Å². The Balaban J connectivity index is 0.00000312. The van der Waals surface area contributed by atoms with Gasteiger partial charge in [-0.05, 0) is 27.7 Å². The molecule has 0 spiro atoms. The SMILES string of the molecule is CC(C)(N=NC(C)(C)C(N)=Nc1ncc[nH]1)C(N)=Nc1ncc[nH]1.Cl.Cl. The summed E-state index contributed by atoms with van der Waals surface area (Å²) in [6.45, 7) is 7.20. The van der Waals surface area contributed by atoms with E-state index in [1.807, 2.05) is 0 Å². The van der Waals surface area contributed by atoms with Crippen LogP contribution in [-0.2, 0) is 0 Å². The predicted molar refractivity (Wildman–Crippen MR) is 107 cm³/mol. The largest absolute Gasteiger partial charge is 0.385 e. The molecule has 2 aromatic rings. The summed E-state index contributed by atoms with van der Waals surface area (Å²) in [6, 6.07) is 0. The number of H-pyrrole nitrogens is 2. The van der Waals surface area contributed by atoms with E-state index in [-0.39, 0.29) is 36.5 Å². The second-order valence-electron chi connectivity index (χ2n) is 6.14. The molecule has 2 rings (SSSR count). The number of aliphatic imine (C=N–C) groups is 2. The molecule has 0 amide bonds. The van der Waals surface area contributed by atoms with Crippen LogP contribution < -0.4 is 11.5 Å². The standard InChI is InChI=1S/C14H22N10.2ClH/c1-13(2,9(15)21-11-17-5-6-18-11)23-24-14(3,4)10(16)22-12-19-7-8-20-12;;/h5-8H,1-4H3,(H3,15,17,18,21)(H3,16,19,20,22);2*1H. The Bertz CT molecular complexity index is 681. The van der Waals surface area contributed by atoms with Crippen molar-refractivity contribution >= 4 is 48.4 Å². The highest BCUT2D eigenvalue weighted by Crippen LogP contribution is 2.19. The Morgan fingerprint density at radius 1 is 0.808 bits per heavy atom. The fourth-order valence-corrected chi connectivity index (χ4v) is 1.49. The van der Waals surface area contributed by atoms with Gasteiger partial charge in [0.25, 0.3) is 0 Å². The molecule has 0 fully saturated rings. The Kier molecular flexibility index (Phi) is 8.42. The quantitative estimate of drug-likeness (QED) is 0.332. The lowest BCUT2D eigenvalue weighted by Crippen LogP contribution is -2.39. The Hall–Kier alpha value is -2.46. The molecule has 0 aromatic carbocycles. The van der Waals surface area contributed by atoms with Crippen LogP contribution in [0.15, 0.2) is 45.0 Å². The Morgan fingerprint density at radius 2 is 1.15 bits per heavy atom. The zero-order valence-corrected chi connectivity index (χ0v) is 16.6. The molecular weight excluding hydrogens is 379 g/mol. The Morgan fingerprint density at radius 3 is 1.42 bits per heavy atom. The summed E-state index contributed by atoms with van der Waals surface area (Å²) < 4.78 is 0. The number of aromatic amines is 2. The normalized spacial score (nSPS) is 13.4. The van der Waals surface area contributed by atoms with E-state index in [2.05, 4.69) is 40.1 Å². The smallest absolute Gasteiger partial charge is 0.228 e. The number of nitrogens with one attached hydrogen (secondary N) is 2. The van der Waals surface area contributed by atoms with Gasteiger partial charge in [0, 0.05) is 24.8 Å². The van der Waals surface area contributed by atoms with Crippen molar-refractivity contribution in [3.63, 3.8) is 0 Å². The maximum Gasteiger partial charge on any atom is 0.228 e. The van der Waals surface area contributed by atoms with Crippen LogP contribution >= 0.6 is 24.8 Å². The lowest BCUT2D eigenvalue weighted by molar-refractivity contribution is 0.560. The molecule has 10 nitrogen and oxygen atoms in total. The van der Waals surface area contributed by atoms with Gasteiger partial charge in [-0.1, -0.05) is 0 Å². The van der Waals surface area contributed by atoms with Gasteiger partial charge < -0.3 is 21.4 Å². The van der Waals surface area contributed by atoms with Gasteiger partial charge in [-0.3, -0.25) is 0 Å². The highest BCUT2D eigenvalue weighted by Gasteiger charge is 2.27. The lowest BCUT2D eigenvalue weighted by atomic mass is 10.0. The van der Waals surface area contributed by atoms with E-state index in [1.165, 1.54) is 0 Å². The number of hydrogen-bond acceptors (Lipinski definition) is 6. The van der Waals surface area contributed by atoms with Crippen LogP contribution in [0.4, 0.5) is 11.9 Å². The third-order valence-electron chi connectivity index (χ3n) is 3.22. The summed E-state index contributed by atoms with van der Waals surface area (Å²) in [6.07, 6.45) is 6.51. The van der Waals surface area contributed by atoms with Gasteiger partial charge in [0.15, 0.2) is 0 Å². The zero-order chi connectivity index (χ0) is 17.8. The van der Waals surface area contributed by atoms with Crippen molar-refractivity contribution in [2.75, 3.05) is 0 Å². The summed E-state index contributed by atoms with van der Waals surface area (Å²) in [5.74, 6) is 1.37. The predicted octanol–water partition coefficient (Wildman–Crippen LogP) is 2.66. The van der Waals surface area contributed by atoms with Gasteiger partial charge >= 0.3 is 0 Å². The average Bonchev–Trinajstić information content (AvgIpc) is 3.19. The summed E-state index contributed by atoms with van der Waals surface area (Å²) >= 11 is 0. The van der Waals surface area contributed by atoms with Crippen LogP contribution in [0.5, 0.6) is 0 Å². The van der Waals surface area contributed by atoms with Crippen LogP contribution in [0, 0.1) is 0 Å². The first-order valence-electron chi connectivity index (χ1n) is 7.33. The first kappa shape index (κ1) is 23.5. The fourth-order valence-electron chi connectivity index (χ4n) is 1.49. The van der Waals surface area contributed by atoms with E-state index < -0.39 is 11.1 Å². The monoisotopic (exact) mass is 402 g/mol. The van der Waals surface area contributed by atoms with Gasteiger partial charge in [0.2, 0.25) is 11.9 Å². The maximum atomic E-state index is 6.02. The molecule has 0 aliphatic carbocycles. The van der Waals surface area contributed by atoms with Crippen molar-refractivity contribution in [2.24, 2.45) is 31.7 Å².